The summed E-state index contributed by atoms with van der Waals surface area (Å²) in [5.74, 6) is -1.33. The van der Waals surface area contributed by atoms with E-state index in [1.807, 2.05) is 66.7 Å². The maximum Gasteiger partial charge on any atom is 0.295 e. The van der Waals surface area contributed by atoms with Gasteiger partial charge in [-0.05, 0) is 35.5 Å². The molecule has 1 unspecified atom stereocenters. The Morgan fingerprint density at radius 1 is 0.906 bits per heavy atom. The van der Waals surface area contributed by atoms with Crippen LogP contribution >= 0.6 is 0 Å². The summed E-state index contributed by atoms with van der Waals surface area (Å²) >= 11 is 0. The number of amides is 1. The van der Waals surface area contributed by atoms with Gasteiger partial charge < -0.3 is 14.9 Å². The Kier molecular flexibility index (Phi) is 6.37. The molecule has 1 heterocycles. The maximum absolute atomic E-state index is 13.1. The normalized spacial score (nSPS) is 18.1. The fraction of sp³-hybridized carbons (Fsp3) is 0.259. The van der Waals surface area contributed by atoms with Crippen LogP contribution in [-0.4, -0.2) is 52.8 Å². The van der Waals surface area contributed by atoms with Crippen molar-refractivity contribution in [3.63, 3.8) is 0 Å². The number of carbonyl (C=O) groups excluding carboxylic acids is 2. The molecule has 1 aliphatic rings. The second kappa shape index (κ2) is 9.37. The molecule has 164 valence electrons. The third-order valence-electron chi connectivity index (χ3n) is 6.23. The van der Waals surface area contributed by atoms with Crippen LogP contribution in [0.15, 0.2) is 78.4 Å². The Morgan fingerprint density at radius 3 is 2.25 bits per heavy atom. The first kappa shape index (κ1) is 21.8. The first-order valence-corrected chi connectivity index (χ1v) is 11.1. The highest BCUT2D eigenvalue weighted by Crippen LogP contribution is 2.39. The van der Waals surface area contributed by atoms with Crippen LogP contribution in [0.5, 0.6) is 0 Å². The number of hydrogen-bond acceptors (Lipinski definition) is 4. The molecule has 0 radical (unpaired) electrons. The largest absolute Gasteiger partial charge is 0.507 e. The molecule has 5 nitrogen and oxygen atoms in total. The average Bonchev–Trinajstić information content (AvgIpc) is 3.09. The monoisotopic (exact) mass is 428 g/mol. The molecule has 1 N–H and O–H groups in total. The lowest BCUT2D eigenvalue weighted by molar-refractivity contribution is -0.140. The lowest BCUT2D eigenvalue weighted by Gasteiger charge is -2.28. The van der Waals surface area contributed by atoms with E-state index in [4.69, 9.17) is 0 Å². The van der Waals surface area contributed by atoms with Crippen molar-refractivity contribution in [2.75, 3.05) is 26.2 Å². The smallest absolute Gasteiger partial charge is 0.295 e. The third-order valence-corrected chi connectivity index (χ3v) is 6.23. The Morgan fingerprint density at radius 2 is 1.56 bits per heavy atom. The topological polar surface area (TPSA) is 60.9 Å². The van der Waals surface area contributed by atoms with E-state index in [0.29, 0.717) is 18.7 Å². The predicted octanol–water partition coefficient (Wildman–Crippen LogP) is 4.60. The molecular formula is C27H28N2O3. The molecule has 32 heavy (non-hydrogen) atoms. The minimum atomic E-state index is -0.635. The highest BCUT2D eigenvalue weighted by molar-refractivity contribution is 6.46. The number of likely N-dealkylation sites (tertiary alicyclic amines) is 1. The number of hydrogen-bond donors (Lipinski definition) is 1. The number of Topliss-reactive ketones (excluding diaryl/α,β-unsaturated/α-hetero) is 1. The van der Waals surface area contributed by atoms with Crippen LogP contribution in [0.3, 0.4) is 0 Å². The summed E-state index contributed by atoms with van der Waals surface area (Å²) in [4.78, 5) is 30.0. The van der Waals surface area contributed by atoms with Crippen molar-refractivity contribution in [2.24, 2.45) is 0 Å². The van der Waals surface area contributed by atoms with Gasteiger partial charge in [0, 0.05) is 18.7 Å². The van der Waals surface area contributed by atoms with E-state index in [9.17, 15) is 14.7 Å². The van der Waals surface area contributed by atoms with Crippen molar-refractivity contribution in [1.29, 1.82) is 0 Å². The third kappa shape index (κ3) is 4.04. The number of likely N-dealkylation sites (N-methyl/N-ethyl adjacent to an activating group) is 1. The Bertz CT molecular complexity index is 1170. The zero-order chi connectivity index (χ0) is 22.7. The van der Waals surface area contributed by atoms with E-state index in [1.165, 1.54) is 0 Å². The first-order chi connectivity index (χ1) is 15.5. The lowest BCUT2D eigenvalue weighted by Crippen LogP contribution is -2.38. The molecule has 3 aromatic rings. The molecular weight excluding hydrogens is 400 g/mol. The Hall–Kier alpha value is -3.44. The second-order valence-electron chi connectivity index (χ2n) is 7.99. The highest BCUT2D eigenvalue weighted by Gasteiger charge is 2.45. The van der Waals surface area contributed by atoms with E-state index in [0.717, 1.165) is 29.4 Å². The minimum Gasteiger partial charge on any atom is -0.507 e. The highest BCUT2D eigenvalue weighted by atomic mass is 16.3. The van der Waals surface area contributed by atoms with Crippen molar-refractivity contribution in [3.8, 4) is 0 Å². The van der Waals surface area contributed by atoms with Gasteiger partial charge in [-0.25, -0.2) is 0 Å². The summed E-state index contributed by atoms with van der Waals surface area (Å²) < 4.78 is 0. The van der Waals surface area contributed by atoms with Gasteiger partial charge in [0.2, 0.25) is 0 Å². The summed E-state index contributed by atoms with van der Waals surface area (Å²) in [6.07, 6.45) is 0. The number of aliphatic hydroxyl groups is 1. The van der Waals surface area contributed by atoms with Gasteiger partial charge in [0.1, 0.15) is 5.76 Å². The lowest BCUT2D eigenvalue weighted by atomic mass is 9.94. The molecule has 3 aromatic carbocycles. The molecule has 1 amide bonds. The number of carbonyl (C=O) groups is 2. The van der Waals surface area contributed by atoms with Gasteiger partial charge in [-0.15, -0.1) is 0 Å². The fourth-order valence-electron chi connectivity index (χ4n) is 4.37. The van der Waals surface area contributed by atoms with Crippen LogP contribution in [-0.2, 0) is 9.59 Å². The Balaban J connectivity index is 1.80. The van der Waals surface area contributed by atoms with Crippen LogP contribution in [0.2, 0.25) is 0 Å². The summed E-state index contributed by atoms with van der Waals surface area (Å²) in [5, 5.41) is 13.3. The molecule has 0 bridgehead atoms. The van der Waals surface area contributed by atoms with Gasteiger partial charge in [0.05, 0.1) is 11.6 Å². The van der Waals surface area contributed by atoms with Gasteiger partial charge in [0.15, 0.2) is 0 Å². The molecule has 1 aliphatic heterocycles. The number of ketones is 1. The molecule has 4 rings (SSSR count). The van der Waals surface area contributed by atoms with Crippen molar-refractivity contribution in [2.45, 2.75) is 19.9 Å². The summed E-state index contributed by atoms with van der Waals surface area (Å²) in [6.45, 7) is 6.97. The van der Waals surface area contributed by atoms with Gasteiger partial charge >= 0.3 is 0 Å². The first-order valence-electron chi connectivity index (χ1n) is 11.1. The molecule has 1 atom stereocenters. The van der Waals surface area contributed by atoms with E-state index in [1.54, 1.807) is 11.0 Å². The van der Waals surface area contributed by atoms with Crippen molar-refractivity contribution >= 4 is 28.2 Å². The maximum atomic E-state index is 13.1. The standard InChI is InChI=1S/C27H28N2O3/c1-3-28(4-2)16-17-29-24(20-11-6-5-7-12-20)23(26(31)27(29)32)25(30)22-15-14-19-10-8-9-13-21(19)18-22/h5-15,18,24,30H,3-4,16-17H2,1-2H3/b25-23-. The molecule has 1 fully saturated rings. The molecule has 0 spiro atoms. The number of aliphatic hydroxyl groups excluding tert-OH is 1. The van der Waals surface area contributed by atoms with Crippen LogP contribution in [0, 0.1) is 0 Å². The number of nitrogens with zero attached hydrogens (tertiary/aromatic N) is 2. The fourth-order valence-corrected chi connectivity index (χ4v) is 4.37. The second-order valence-corrected chi connectivity index (χ2v) is 7.99. The predicted molar refractivity (Wildman–Crippen MR) is 127 cm³/mol. The summed E-state index contributed by atoms with van der Waals surface area (Å²) in [5.41, 5.74) is 1.50. The molecule has 5 heteroatoms. The quantitative estimate of drug-likeness (QED) is 0.339. The van der Waals surface area contributed by atoms with Gasteiger partial charge in [-0.1, -0.05) is 80.6 Å². The zero-order valence-corrected chi connectivity index (χ0v) is 18.5. The Labute approximate surface area is 188 Å². The van der Waals surface area contributed by atoms with E-state index >= 15 is 0 Å². The number of rotatable bonds is 7. The summed E-state index contributed by atoms with van der Waals surface area (Å²) in [7, 11) is 0. The molecule has 0 aromatic heterocycles. The molecule has 0 saturated carbocycles. The number of fused-ring (bicyclic) bond motifs is 1. The zero-order valence-electron chi connectivity index (χ0n) is 18.5. The van der Waals surface area contributed by atoms with Crippen LogP contribution < -0.4 is 0 Å². The average molecular weight is 429 g/mol. The number of benzene rings is 3. The van der Waals surface area contributed by atoms with E-state index in [2.05, 4.69) is 18.7 Å². The van der Waals surface area contributed by atoms with Crippen molar-refractivity contribution in [3.05, 3.63) is 89.5 Å². The molecule has 0 aliphatic carbocycles. The van der Waals surface area contributed by atoms with Crippen molar-refractivity contribution < 1.29 is 14.7 Å². The molecule has 1 saturated heterocycles. The van der Waals surface area contributed by atoms with Gasteiger partial charge in [-0.2, -0.15) is 0 Å². The van der Waals surface area contributed by atoms with Crippen LogP contribution in [0.4, 0.5) is 0 Å². The van der Waals surface area contributed by atoms with E-state index in [-0.39, 0.29) is 11.3 Å². The summed E-state index contributed by atoms with van der Waals surface area (Å²) in [6, 6.07) is 22.3. The van der Waals surface area contributed by atoms with Gasteiger partial charge in [0.25, 0.3) is 11.7 Å². The van der Waals surface area contributed by atoms with Crippen LogP contribution in [0.25, 0.3) is 16.5 Å². The van der Waals surface area contributed by atoms with Gasteiger partial charge in [-0.3, -0.25) is 9.59 Å². The van der Waals surface area contributed by atoms with E-state index < -0.39 is 17.7 Å². The minimum absolute atomic E-state index is 0.131. The van der Waals surface area contributed by atoms with Crippen molar-refractivity contribution in [1.82, 2.24) is 9.80 Å². The SMILES string of the molecule is CCN(CC)CCN1C(=O)C(=O)/C(=C(\O)c2ccc3ccccc3c2)C1c1ccccc1. The van der Waals surface area contributed by atoms with Crippen LogP contribution in [0.1, 0.15) is 31.0 Å².